The number of hydrogen-bond acceptors (Lipinski definition) is 5. The first-order valence-electron chi connectivity index (χ1n) is 11.0. The van der Waals surface area contributed by atoms with E-state index in [1.54, 1.807) is 61.5 Å². The van der Waals surface area contributed by atoms with Crippen molar-refractivity contribution in [1.82, 2.24) is 5.32 Å². The van der Waals surface area contributed by atoms with Gasteiger partial charge in [-0.1, -0.05) is 47.5 Å². The highest BCUT2D eigenvalue weighted by molar-refractivity contribution is 6.39. The molecule has 8 nitrogen and oxygen atoms in total. The molecule has 1 saturated heterocycles. The molecule has 1 aliphatic rings. The van der Waals surface area contributed by atoms with Crippen molar-refractivity contribution in [2.75, 3.05) is 16.8 Å². The lowest BCUT2D eigenvalue weighted by molar-refractivity contribution is -0.122. The van der Waals surface area contributed by atoms with Crippen molar-refractivity contribution in [2.45, 2.75) is 13.8 Å². The number of hydrogen-bond donors (Lipinski definition) is 2. The number of carbonyl (C=O) groups excluding carboxylic acids is 4. The van der Waals surface area contributed by atoms with Crippen molar-refractivity contribution in [2.24, 2.45) is 0 Å². The SMILES string of the molecule is Cc1ccc(NC(=O)COc2ccc(/C=C3\C(=O)NC(=O)N(c4cccc(Cl)c4C)C3=O)cc2)cc1. The van der Waals surface area contributed by atoms with Gasteiger partial charge in [-0.25, -0.2) is 9.69 Å². The van der Waals surface area contributed by atoms with E-state index in [0.29, 0.717) is 27.6 Å². The zero-order valence-electron chi connectivity index (χ0n) is 19.5. The van der Waals surface area contributed by atoms with Crippen molar-refractivity contribution in [3.05, 3.63) is 94.0 Å². The number of halogens is 1. The zero-order valence-corrected chi connectivity index (χ0v) is 20.3. The molecule has 4 rings (SSSR count). The van der Waals surface area contributed by atoms with Crippen LogP contribution in [0.25, 0.3) is 6.08 Å². The third-order valence-corrected chi connectivity index (χ3v) is 5.89. The van der Waals surface area contributed by atoms with Crippen molar-refractivity contribution < 1.29 is 23.9 Å². The van der Waals surface area contributed by atoms with E-state index in [0.717, 1.165) is 10.5 Å². The summed E-state index contributed by atoms with van der Waals surface area (Å²) in [6.45, 7) is 3.45. The van der Waals surface area contributed by atoms with Gasteiger partial charge in [0.25, 0.3) is 17.7 Å². The number of nitrogens with one attached hydrogen (secondary N) is 2. The largest absolute Gasteiger partial charge is 0.484 e. The van der Waals surface area contributed by atoms with Gasteiger partial charge < -0.3 is 10.1 Å². The van der Waals surface area contributed by atoms with Gasteiger partial charge in [0.1, 0.15) is 11.3 Å². The van der Waals surface area contributed by atoms with Gasteiger partial charge in [-0.3, -0.25) is 19.7 Å². The molecule has 0 atom stereocenters. The third kappa shape index (κ3) is 5.45. The Balaban J connectivity index is 1.45. The molecule has 1 heterocycles. The normalized spacial score (nSPS) is 14.6. The van der Waals surface area contributed by atoms with Gasteiger partial charge in [0.15, 0.2) is 6.61 Å². The predicted molar refractivity (Wildman–Crippen MR) is 137 cm³/mol. The van der Waals surface area contributed by atoms with Crippen LogP contribution in [0.1, 0.15) is 16.7 Å². The van der Waals surface area contributed by atoms with Gasteiger partial charge >= 0.3 is 6.03 Å². The van der Waals surface area contributed by atoms with Crippen molar-refractivity contribution in [1.29, 1.82) is 0 Å². The number of aryl methyl sites for hydroxylation is 1. The average Bonchev–Trinajstić information content (AvgIpc) is 2.85. The second kappa shape index (κ2) is 10.5. The Kier molecular flexibility index (Phi) is 7.17. The van der Waals surface area contributed by atoms with Crippen molar-refractivity contribution in [3.63, 3.8) is 0 Å². The van der Waals surface area contributed by atoms with E-state index in [1.165, 1.54) is 6.08 Å². The van der Waals surface area contributed by atoms with Crippen LogP contribution in [0, 0.1) is 13.8 Å². The second-order valence-electron chi connectivity index (χ2n) is 8.11. The van der Waals surface area contributed by atoms with Gasteiger partial charge in [0.05, 0.1) is 5.69 Å². The standard InChI is InChI=1S/C27H22ClN3O5/c1-16-6-10-19(11-7-16)29-24(32)15-36-20-12-8-18(9-13-20)14-21-25(33)30-27(35)31(26(21)34)23-5-3-4-22(28)17(23)2/h3-14H,15H2,1-2H3,(H,29,32)(H,30,33,35)/b21-14+. The fourth-order valence-electron chi connectivity index (χ4n) is 3.52. The molecule has 36 heavy (non-hydrogen) atoms. The molecular weight excluding hydrogens is 482 g/mol. The number of carbonyl (C=O) groups is 4. The number of anilines is 2. The zero-order chi connectivity index (χ0) is 25.8. The van der Waals surface area contributed by atoms with Crippen LogP contribution in [0.5, 0.6) is 5.75 Å². The van der Waals surface area contributed by atoms with Crippen molar-refractivity contribution in [3.8, 4) is 5.75 Å². The van der Waals surface area contributed by atoms with Gasteiger partial charge in [-0.15, -0.1) is 0 Å². The highest BCUT2D eigenvalue weighted by atomic mass is 35.5. The van der Waals surface area contributed by atoms with Gasteiger partial charge in [-0.2, -0.15) is 0 Å². The van der Waals surface area contributed by atoms with Gasteiger partial charge in [-0.05, 0) is 67.4 Å². The predicted octanol–water partition coefficient (Wildman–Crippen LogP) is 4.64. The third-order valence-electron chi connectivity index (χ3n) is 5.48. The second-order valence-corrected chi connectivity index (χ2v) is 8.52. The molecule has 3 aromatic carbocycles. The van der Waals surface area contributed by atoms with E-state index in [4.69, 9.17) is 16.3 Å². The fourth-order valence-corrected chi connectivity index (χ4v) is 3.69. The molecule has 2 N–H and O–H groups in total. The Morgan fingerprint density at radius 3 is 2.39 bits per heavy atom. The molecule has 0 radical (unpaired) electrons. The molecule has 1 aliphatic heterocycles. The Labute approximate surface area is 212 Å². The van der Waals surface area contributed by atoms with Gasteiger partial charge in [0.2, 0.25) is 0 Å². The van der Waals surface area contributed by atoms with Crippen LogP contribution in [-0.2, 0) is 14.4 Å². The minimum absolute atomic E-state index is 0.189. The summed E-state index contributed by atoms with van der Waals surface area (Å²) in [6.07, 6.45) is 1.38. The Hall–Kier alpha value is -4.43. The summed E-state index contributed by atoms with van der Waals surface area (Å²) in [5.41, 5.74) is 2.90. The Morgan fingerprint density at radius 1 is 1.00 bits per heavy atom. The summed E-state index contributed by atoms with van der Waals surface area (Å²) in [4.78, 5) is 51.0. The molecule has 0 saturated carbocycles. The summed E-state index contributed by atoms with van der Waals surface area (Å²) in [7, 11) is 0. The first-order valence-corrected chi connectivity index (χ1v) is 11.4. The summed E-state index contributed by atoms with van der Waals surface area (Å²) in [6, 6.07) is 17.9. The quantitative estimate of drug-likeness (QED) is 0.376. The maximum atomic E-state index is 13.1. The molecule has 0 bridgehead atoms. The lowest BCUT2D eigenvalue weighted by atomic mass is 10.1. The summed E-state index contributed by atoms with van der Waals surface area (Å²) in [5, 5.41) is 5.32. The van der Waals surface area contributed by atoms with Crippen LogP contribution < -0.4 is 20.3 Å². The molecule has 3 aromatic rings. The minimum Gasteiger partial charge on any atom is -0.484 e. The first-order chi connectivity index (χ1) is 17.2. The van der Waals surface area contributed by atoms with Crippen LogP contribution in [-0.4, -0.2) is 30.4 Å². The molecule has 0 aromatic heterocycles. The number of benzene rings is 3. The summed E-state index contributed by atoms with van der Waals surface area (Å²) in [5.74, 6) is -1.44. The van der Waals surface area contributed by atoms with E-state index in [-0.39, 0.29) is 23.8 Å². The molecule has 9 heteroatoms. The maximum Gasteiger partial charge on any atom is 0.335 e. The van der Waals surface area contributed by atoms with Crippen LogP contribution in [0.15, 0.2) is 72.3 Å². The highest BCUT2D eigenvalue weighted by Gasteiger charge is 2.37. The molecular formula is C27H22ClN3O5. The van der Waals surface area contributed by atoms with Crippen LogP contribution in [0.3, 0.4) is 0 Å². The molecule has 0 unspecified atom stereocenters. The number of rotatable bonds is 6. The fraction of sp³-hybridized carbons (Fsp3) is 0.111. The number of nitrogens with zero attached hydrogens (tertiary/aromatic N) is 1. The van der Waals surface area contributed by atoms with Crippen molar-refractivity contribution >= 4 is 52.8 Å². The van der Waals surface area contributed by atoms with E-state index >= 15 is 0 Å². The van der Waals surface area contributed by atoms with Crippen LogP contribution in [0.4, 0.5) is 16.2 Å². The van der Waals surface area contributed by atoms with E-state index in [1.807, 2.05) is 19.1 Å². The van der Waals surface area contributed by atoms with E-state index in [2.05, 4.69) is 10.6 Å². The first kappa shape index (κ1) is 24.7. The highest BCUT2D eigenvalue weighted by Crippen LogP contribution is 2.29. The number of ether oxygens (including phenoxy) is 1. The molecule has 0 aliphatic carbocycles. The average molecular weight is 504 g/mol. The smallest absolute Gasteiger partial charge is 0.335 e. The maximum absolute atomic E-state index is 13.1. The summed E-state index contributed by atoms with van der Waals surface area (Å²) < 4.78 is 5.52. The van der Waals surface area contributed by atoms with E-state index in [9.17, 15) is 19.2 Å². The molecule has 5 amide bonds. The number of barbiturate groups is 1. The number of amides is 5. The summed E-state index contributed by atoms with van der Waals surface area (Å²) >= 11 is 6.14. The topological polar surface area (TPSA) is 105 Å². The monoisotopic (exact) mass is 503 g/mol. The minimum atomic E-state index is -0.847. The molecule has 0 spiro atoms. The molecule has 182 valence electrons. The van der Waals surface area contributed by atoms with Crippen LogP contribution >= 0.6 is 11.6 Å². The van der Waals surface area contributed by atoms with Crippen LogP contribution in [0.2, 0.25) is 5.02 Å². The Bertz CT molecular complexity index is 1380. The van der Waals surface area contributed by atoms with E-state index < -0.39 is 17.8 Å². The number of imide groups is 2. The van der Waals surface area contributed by atoms with Gasteiger partial charge in [0, 0.05) is 10.7 Å². The number of urea groups is 1. The lowest BCUT2D eigenvalue weighted by Gasteiger charge is -2.27. The molecule has 1 fully saturated rings. The lowest BCUT2D eigenvalue weighted by Crippen LogP contribution is -2.54. The Morgan fingerprint density at radius 2 is 1.69 bits per heavy atom.